The average Bonchev–Trinajstić information content (AvgIpc) is 3.18. The zero-order chi connectivity index (χ0) is 30.3. The summed E-state index contributed by atoms with van der Waals surface area (Å²) in [6.07, 6.45) is -3.93. The molecular weight excluding hydrogens is 542 g/mol. The van der Waals surface area contributed by atoms with E-state index in [4.69, 9.17) is 0 Å². The molecule has 41 heavy (non-hydrogen) atoms. The van der Waals surface area contributed by atoms with Crippen molar-refractivity contribution < 1.29 is 37.4 Å². The average molecular weight is 580 g/mol. The number of rotatable bonds is 7. The van der Waals surface area contributed by atoms with E-state index in [1.807, 2.05) is 0 Å². The molecule has 0 aromatic heterocycles. The molecule has 0 unspecified atom stereocenters. The standard InChI is InChI=1S/C30H37F4N3O4/c1-18-13-21(16-22(14-18)30(32,33)34)20(3)35(4)28(41)37-10-9-36-25(17-29(7-11-38,8-12-39)27(36)40)26(37)24-6-5-23(31)15-19(24)2/h5-6,13-16,20,25-26,38-39H,7-12,17H2,1-4H3/t20-,25+,26+/m1/s1. The molecule has 2 aromatic rings. The van der Waals surface area contributed by atoms with Gasteiger partial charge >= 0.3 is 12.2 Å². The van der Waals surface area contributed by atoms with Gasteiger partial charge in [0.25, 0.3) is 0 Å². The van der Waals surface area contributed by atoms with Crippen molar-refractivity contribution in [3.8, 4) is 0 Å². The van der Waals surface area contributed by atoms with Gasteiger partial charge in [0, 0.05) is 33.4 Å². The third-order valence-electron chi connectivity index (χ3n) is 8.77. The smallest absolute Gasteiger partial charge is 0.396 e. The van der Waals surface area contributed by atoms with Gasteiger partial charge in [0.15, 0.2) is 0 Å². The SMILES string of the molecule is Cc1cc([C@@H](C)N(C)C(=O)N2CCN3C(=O)C(CCO)(CCO)C[C@H]3[C@@H]2c2ccc(F)cc2C)cc(C(F)(F)F)c1. The number of fused-ring (bicyclic) bond motifs is 1. The summed E-state index contributed by atoms with van der Waals surface area (Å²) in [6.45, 7) is 4.84. The predicted molar refractivity (Wildman–Crippen MR) is 144 cm³/mol. The van der Waals surface area contributed by atoms with E-state index in [0.717, 1.165) is 12.1 Å². The molecule has 2 fully saturated rings. The number of urea groups is 1. The molecule has 7 nitrogen and oxygen atoms in total. The number of aliphatic hydroxyl groups excluding tert-OH is 2. The monoisotopic (exact) mass is 579 g/mol. The van der Waals surface area contributed by atoms with Gasteiger partial charge < -0.3 is 24.9 Å². The number of amides is 3. The quantitative estimate of drug-likeness (QED) is 0.453. The predicted octanol–water partition coefficient (Wildman–Crippen LogP) is 4.98. The van der Waals surface area contributed by atoms with Gasteiger partial charge in [0.05, 0.1) is 29.1 Å². The van der Waals surface area contributed by atoms with Crippen LogP contribution >= 0.6 is 0 Å². The Hall–Kier alpha value is -3.18. The minimum atomic E-state index is -4.53. The summed E-state index contributed by atoms with van der Waals surface area (Å²) in [7, 11) is 1.53. The number of halogens is 4. The van der Waals surface area contributed by atoms with E-state index in [2.05, 4.69) is 0 Å². The van der Waals surface area contributed by atoms with Gasteiger partial charge in [-0.3, -0.25) is 4.79 Å². The van der Waals surface area contributed by atoms with Crippen LogP contribution in [0.15, 0.2) is 36.4 Å². The number of nitrogens with zero attached hydrogens (tertiary/aromatic N) is 3. The summed E-state index contributed by atoms with van der Waals surface area (Å²) in [4.78, 5) is 32.4. The number of aryl methyl sites for hydroxylation is 2. The lowest BCUT2D eigenvalue weighted by atomic mass is 9.77. The summed E-state index contributed by atoms with van der Waals surface area (Å²) in [5.74, 6) is -0.636. The maximum Gasteiger partial charge on any atom is 0.416 e. The number of alkyl halides is 3. The number of benzene rings is 2. The van der Waals surface area contributed by atoms with Crippen LogP contribution in [-0.4, -0.2) is 76.2 Å². The minimum absolute atomic E-state index is 0.148. The fourth-order valence-corrected chi connectivity index (χ4v) is 6.51. The molecule has 3 atom stereocenters. The van der Waals surface area contributed by atoms with Crippen molar-refractivity contribution in [2.24, 2.45) is 5.41 Å². The van der Waals surface area contributed by atoms with E-state index in [1.54, 1.807) is 42.7 Å². The number of aliphatic hydroxyl groups is 2. The van der Waals surface area contributed by atoms with Crippen molar-refractivity contribution in [2.45, 2.75) is 64.3 Å². The molecule has 2 N–H and O–H groups in total. The summed E-state index contributed by atoms with van der Waals surface area (Å²) >= 11 is 0. The molecule has 0 bridgehead atoms. The van der Waals surface area contributed by atoms with Crippen LogP contribution in [0, 0.1) is 25.1 Å². The molecule has 11 heteroatoms. The van der Waals surface area contributed by atoms with Crippen molar-refractivity contribution >= 4 is 11.9 Å². The lowest BCUT2D eigenvalue weighted by molar-refractivity contribution is -0.140. The van der Waals surface area contributed by atoms with E-state index in [1.165, 1.54) is 24.1 Å². The maximum absolute atomic E-state index is 14.1. The highest BCUT2D eigenvalue weighted by Crippen LogP contribution is 2.49. The summed E-state index contributed by atoms with van der Waals surface area (Å²) in [6, 6.07) is 5.69. The molecular formula is C30H37F4N3O4. The Morgan fingerprint density at radius 3 is 2.34 bits per heavy atom. The second kappa shape index (κ2) is 11.6. The first kappa shape index (κ1) is 30.8. The Balaban J connectivity index is 1.73. The molecule has 3 amide bonds. The lowest BCUT2D eigenvalue weighted by Crippen LogP contribution is -2.57. The maximum atomic E-state index is 14.1. The number of carbonyl (C=O) groups is 2. The van der Waals surface area contributed by atoms with E-state index in [0.29, 0.717) is 22.3 Å². The van der Waals surface area contributed by atoms with Crippen LogP contribution in [-0.2, 0) is 11.0 Å². The van der Waals surface area contributed by atoms with Gasteiger partial charge in [0.1, 0.15) is 5.82 Å². The zero-order valence-corrected chi connectivity index (χ0v) is 23.7. The second-order valence-corrected chi connectivity index (χ2v) is 11.3. The first-order valence-electron chi connectivity index (χ1n) is 13.7. The van der Waals surface area contributed by atoms with Gasteiger partial charge in [-0.05, 0) is 81.0 Å². The number of piperazine rings is 1. The van der Waals surface area contributed by atoms with Crippen LogP contribution in [0.1, 0.15) is 66.1 Å². The van der Waals surface area contributed by atoms with E-state index >= 15 is 0 Å². The largest absolute Gasteiger partial charge is 0.416 e. The highest BCUT2D eigenvalue weighted by molar-refractivity contribution is 5.86. The van der Waals surface area contributed by atoms with Gasteiger partial charge in [0.2, 0.25) is 5.91 Å². The van der Waals surface area contributed by atoms with E-state index < -0.39 is 47.1 Å². The van der Waals surface area contributed by atoms with Crippen LogP contribution in [0.4, 0.5) is 22.4 Å². The molecule has 2 heterocycles. The zero-order valence-electron chi connectivity index (χ0n) is 23.7. The molecule has 4 rings (SSSR count). The lowest BCUT2D eigenvalue weighted by Gasteiger charge is -2.47. The molecule has 0 saturated carbocycles. The summed E-state index contributed by atoms with van der Waals surface area (Å²) in [5, 5.41) is 19.5. The molecule has 2 saturated heterocycles. The molecule has 0 radical (unpaired) electrons. The molecule has 2 aliphatic heterocycles. The highest BCUT2D eigenvalue weighted by Gasteiger charge is 2.56. The van der Waals surface area contributed by atoms with Crippen molar-refractivity contribution in [1.82, 2.24) is 14.7 Å². The Kier molecular flexibility index (Phi) is 8.71. The first-order chi connectivity index (χ1) is 19.2. The second-order valence-electron chi connectivity index (χ2n) is 11.3. The first-order valence-corrected chi connectivity index (χ1v) is 13.7. The van der Waals surface area contributed by atoms with Crippen molar-refractivity contribution in [1.29, 1.82) is 0 Å². The van der Waals surface area contributed by atoms with Crippen LogP contribution in [0.3, 0.4) is 0 Å². The fourth-order valence-electron chi connectivity index (χ4n) is 6.51. The van der Waals surface area contributed by atoms with Gasteiger partial charge in [-0.1, -0.05) is 17.7 Å². The normalized spacial score (nSPS) is 21.2. The summed E-state index contributed by atoms with van der Waals surface area (Å²) < 4.78 is 54.7. The summed E-state index contributed by atoms with van der Waals surface area (Å²) in [5.41, 5.74) is 0.220. The Bertz CT molecular complexity index is 1290. The van der Waals surface area contributed by atoms with Crippen LogP contribution < -0.4 is 0 Å². The van der Waals surface area contributed by atoms with Crippen molar-refractivity contribution in [3.63, 3.8) is 0 Å². The topological polar surface area (TPSA) is 84.3 Å². The van der Waals surface area contributed by atoms with E-state index in [-0.39, 0.29) is 51.5 Å². The Morgan fingerprint density at radius 1 is 1.10 bits per heavy atom. The Labute approximate surface area is 237 Å². The molecule has 2 aliphatic rings. The molecule has 224 valence electrons. The highest BCUT2D eigenvalue weighted by atomic mass is 19.4. The van der Waals surface area contributed by atoms with Crippen molar-refractivity contribution in [3.05, 3.63) is 70.0 Å². The third kappa shape index (κ3) is 5.79. The van der Waals surface area contributed by atoms with Crippen LogP contribution in [0.25, 0.3) is 0 Å². The van der Waals surface area contributed by atoms with Crippen LogP contribution in [0.2, 0.25) is 0 Å². The molecule has 2 aromatic carbocycles. The van der Waals surface area contributed by atoms with Gasteiger partial charge in [-0.25, -0.2) is 9.18 Å². The number of hydrogen-bond acceptors (Lipinski definition) is 4. The minimum Gasteiger partial charge on any atom is -0.396 e. The van der Waals surface area contributed by atoms with Gasteiger partial charge in [-0.2, -0.15) is 13.2 Å². The van der Waals surface area contributed by atoms with Crippen molar-refractivity contribution in [2.75, 3.05) is 33.4 Å². The Morgan fingerprint density at radius 2 is 1.76 bits per heavy atom. The van der Waals surface area contributed by atoms with E-state index in [9.17, 15) is 37.4 Å². The number of carbonyl (C=O) groups excluding carboxylic acids is 2. The van der Waals surface area contributed by atoms with Gasteiger partial charge in [-0.15, -0.1) is 0 Å². The molecule has 0 spiro atoms. The fraction of sp³-hybridized carbons (Fsp3) is 0.533. The third-order valence-corrected chi connectivity index (χ3v) is 8.77. The number of hydrogen-bond donors (Lipinski definition) is 2. The van der Waals surface area contributed by atoms with Crippen LogP contribution in [0.5, 0.6) is 0 Å². The molecule has 0 aliphatic carbocycles.